The maximum Gasteiger partial charge on any atom is 0.318 e. The number of amides is 2. The Morgan fingerprint density at radius 1 is 1.50 bits per heavy atom. The Bertz CT molecular complexity index is 439. The molecule has 0 aromatic carbocycles. The van der Waals surface area contributed by atoms with Gasteiger partial charge in [0.15, 0.2) is 5.82 Å². The third-order valence-corrected chi connectivity index (χ3v) is 2.86. The number of nitrogens with zero attached hydrogens (tertiary/aromatic N) is 3. The first-order valence-corrected chi connectivity index (χ1v) is 6.80. The van der Waals surface area contributed by atoms with Gasteiger partial charge in [0.25, 0.3) is 0 Å². The third kappa shape index (κ3) is 4.19. The summed E-state index contributed by atoms with van der Waals surface area (Å²) in [5.74, 6) is 0.986. The Morgan fingerprint density at radius 2 is 2.15 bits per heavy atom. The number of urea groups is 1. The van der Waals surface area contributed by atoms with Crippen molar-refractivity contribution in [3.05, 3.63) is 11.7 Å². The van der Waals surface area contributed by atoms with Gasteiger partial charge in [-0.05, 0) is 13.8 Å². The van der Waals surface area contributed by atoms with E-state index in [-0.39, 0.29) is 24.1 Å². The maximum atomic E-state index is 12.0. The fourth-order valence-corrected chi connectivity index (χ4v) is 1.58. The van der Waals surface area contributed by atoms with Crippen LogP contribution in [0.4, 0.5) is 4.79 Å². The molecular weight excluding hydrogens is 260 g/mol. The van der Waals surface area contributed by atoms with Crippen LogP contribution >= 0.6 is 0 Å². The number of likely N-dealkylation sites (N-methyl/N-ethyl adjacent to an activating group) is 1. The Morgan fingerprint density at radius 3 is 2.60 bits per heavy atom. The number of aromatic nitrogens is 2. The van der Waals surface area contributed by atoms with Crippen molar-refractivity contribution in [1.29, 1.82) is 0 Å². The first kappa shape index (κ1) is 16.4. The second-order valence-electron chi connectivity index (χ2n) is 5.68. The molecule has 20 heavy (non-hydrogen) atoms. The van der Waals surface area contributed by atoms with Crippen LogP contribution in [-0.4, -0.2) is 45.9 Å². The van der Waals surface area contributed by atoms with Crippen LogP contribution in [0.3, 0.4) is 0 Å². The average Bonchev–Trinajstić information content (AvgIpc) is 2.85. The summed E-state index contributed by atoms with van der Waals surface area (Å²) in [5, 5.41) is 15.6. The molecule has 0 radical (unpaired) electrons. The molecule has 114 valence electrons. The first-order valence-electron chi connectivity index (χ1n) is 6.80. The quantitative estimate of drug-likeness (QED) is 0.854. The van der Waals surface area contributed by atoms with Crippen molar-refractivity contribution in [2.75, 3.05) is 19.7 Å². The minimum absolute atomic E-state index is 0.0651. The first-order chi connectivity index (χ1) is 9.29. The van der Waals surface area contributed by atoms with Gasteiger partial charge >= 0.3 is 6.03 Å². The van der Waals surface area contributed by atoms with Crippen LogP contribution in [0.2, 0.25) is 0 Å². The van der Waals surface area contributed by atoms with Gasteiger partial charge < -0.3 is 19.8 Å². The average molecular weight is 284 g/mol. The minimum Gasteiger partial charge on any atom is -0.395 e. The number of hydrogen-bond acceptors (Lipinski definition) is 5. The fourth-order valence-electron chi connectivity index (χ4n) is 1.58. The zero-order chi connectivity index (χ0) is 15.3. The van der Waals surface area contributed by atoms with Crippen molar-refractivity contribution < 1.29 is 14.4 Å². The topological polar surface area (TPSA) is 91.5 Å². The summed E-state index contributed by atoms with van der Waals surface area (Å²) >= 11 is 0. The van der Waals surface area contributed by atoms with Crippen LogP contribution in [0.15, 0.2) is 4.52 Å². The molecule has 0 spiro atoms. The van der Waals surface area contributed by atoms with Gasteiger partial charge in [-0.15, -0.1) is 0 Å². The lowest BCUT2D eigenvalue weighted by Crippen LogP contribution is -2.42. The van der Waals surface area contributed by atoms with Crippen LogP contribution in [0, 0.1) is 0 Å². The van der Waals surface area contributed by atoms with E-state index in [9.17, 15) is 4.79 Å². The monoisotopic (exact) mass is 284 g/mol. The molecule has 1 heterocycles. The summed E-state index contributed by atoms with van der Waals surface area (Å²) in [6, 6.07) is -0.636. The number of carbonyl (C=O) groups is 1. The molecule has 1 rings (SSSR count). The van der Waals surface area contributed by atoms with E-state index in [1.807, 2.05) is 27.7 Å². The van der Waals surface area contributed by atoms with Crippen molar-refractivity contribution >= 4 is 6.03 Å². The Hall–Kier alpha value is -1.63. The van der Waals surface area contributed by atoms with Gasteiger partial charge in [-0.1, -0.05) is 25.9 Å². The second-order valence-corrected chi connectivity index (χ2v) is 5.68. The molecule has 0 saturated carbocycles. The number of aliphatic hydroxyl groups is 1. The summed E-state index contributed by atoms with van der Waals surface area (Å²) in [6.45, 7) is 10.4. The molecule has 2 amide bonds. The lowest BCUT2D eigenvalue weighted by molar-refractivity contribution is 0.175. The molecule has 1 aromatic heterocycles. The van der Waals surface area contributed by atoms with E-state index >= 15 is 0 Å². The van der Waals surface area contributed by atoms with E-state index in [0.29, 0.717) is 24.8 Å². The van der Waals surface area contributed by atoms with E-state index in [4.69, 9.17) is 9.63 Å². The molecule has 1 atom stereocenters. The highest BCUT2D eigenvalue weighted by atomic mass is 16.5. The Kier molecular flexibility index (Phi) is 5.50. The lowest BCUT2D eigenvalue weighted by Gasteiger charge is -2.21. The zero-order valence-corrected chi connectivity index (χ0v) is 12.8. The molecule has 0 aliphatic heterocycles. The van der Waals surface area contributed by atoms with Crippen molar-refractivity contribution in [3.63, 3.8) is 0 Å². The molecule has 0 bridgehead atoms. The number of aliphatic hydroxyl groups excluding tert-OH is 1. The molecule has 2 N–H and O–H groups in total. The Labute approximate surface area is 119 Å². The molecular formula is C13H24N4O3. The highest BCUT2D eigenvalue weighted by Gasteiger charge is 2.24. The van der Waals surface area contributed by atoms with Crippen LogP contribution < -0.4 is 5.32 Å². The van der Waals surface area contributed by atoms with Crippen molar-refractivity contribution in [2.24, 2.45) is 0 Å². The SMILES string of the molecule is CCN(CCO)C(=O)NC(C)c1nc(C(C)(C)C)no1. The predicted molar refractivity (Wildman–Crippen MR) is 74.3 cm³/mol. The maximum absolute atomic E-state index is 12.0. The lowest BCUT2D eigenvalue weighted by atomic mass is 9.96. The van der Waals surface area contributed by atoms with Gasteiger partial charge in [0.2, 0.25) is 5.89 Å². The van der Waals surface area contributed by atoms with Crippen LogP contribution in [0.25, 0.3) is 0 Å². The standard InChI is InChI=1S/C13H24N4O3/c1-6-17(7-8-18)12(19)14-9(2)10-15-11(16-20-10)13(3,4)5/h9,18H,6-8H2,1-5H3,(H,14,19). The zero-order valence-electron chi connectivity index (χ0n) is 12.8. The summed E-state index contributed by atoms with van der Waals surface area (Å²) in [7, 11) is 0. The molecule has 7 nitrogen and oxygen atoms in total. The molecule has 1 aromatic rings. The summed E-state index contributed by atoms with van der Waals surface area (Å²) in [6.07, 6.45) is 0. The van der Waals surface area contributed by atoms with Crippen LogP contribution in [0.1, 0.15) is 52.4 Å². The van der Waals surface area contributed by atoms with Gasteiger partial charge in [-0.25, -0.2) is 4.79 Å². The normalized spacial score (nSPS) is 13.1. The van der Waals surface area contributed by atoms with Gasteiger partial charge in [0.05, 0.1) is 6.61 Å². The van der Waals surface area contributed by atoms with Crippen LogP contribution in [0.5, 0.6) is 0 Å². The molecule has 7 heteroatoms. The number of nitrogens with one attached hydrogen (secondary N) is 1. The number of carbonyl (C=O) groups excluding carboxylic acids is 1. The molecule has 0 aliphatic rings. The van der Waals surface area contributed by atoms with E-state index in [2.05, 4.69) is 15.5 Å². The van der Waals surface area contributed by atoms with Crippen molar-refractivity contribution in [3.8, 4) is 0 Å². The van der Waals surface area contributed by atoms with E-state index in [1.165, 1.54) is 4.90 Å². The second kappa shape index (κ2) is 6.69. The van der Waals surface area contributed by atoms with E-state index in [0.717, 1.165) is 0 Å². The molecule has 0 aliphatic carbocycles. The van der Waals surface area contributed by atoms with Gasteiger partial charge in [-0.3, -0.25) is 0 Å². The summed E-state index contributed by atoms with van der Waals surface area (Å²) < 4.78 is 5.18. The number of hydrogen-bond donors (Lipinski definition) is 2. The smallest absolute Gasteiger partial charge is 0.318 e. The molecule has 1 unspecified atom stereocenters. The van der Waals surface area contributed by atoms with Gasteiger partial charge in [0, 0.05) is 18.5 Å². The van der Waals surface area contributed by atoms with Crippen molar-refractivity contribution in [2.45, 2.75) is 46.1 Å². The van der Waals surface area contributed by atoms with Gasteiger partial charge in [0.1, 0.15) is 6.04 Å². The molecule has 0 fully saturated rings. The highest BCUT2D eigenvalue weighted by molar-refractivity contribution is 5.74. The van der Waals surface area contributed by atoms with E-state index < -0.39 is 0 Å². The van der Waals surface area contributed by atoms with Crippen molar-refractivity contribution in [1.82, 2.24) is 20.4 Å². The Balaban J connectivity index is 2.69. The summed E-state index contributed by atoms with van der Waals surface area (Å²) in [4.78, 5) is 17.8. The third-order valence-electron chi connectivity index (χ3n) is 2.86. The van der Waals surface area contributed by atoms with Crippen LogP contribution in [-0.2, 0) is 5.41 Å². The fraction of sp³-hybridized carbons (Fsp3) is 0.769. The van der Waals surface area contributed by atoms with E-state index in [1.54, 1.807) is 6.92 Å². The van der Waals surface area contributed by atoms with Gasteiger partial charge in [-0.2, -0.15) is 4.98 Å². The highest BCUT2D eigenvalue weighted by Crippen LogP contribution is 2.20. The number of rotatable bonds is 5. The summed E-state index contributed by atoms with van der Waals surface area (Å²) in [5.41, 5.74) is -0.197. The molecule has 0 saturated heterocycles. The predicted octanol–water partition coefficient (Wildman–Crippen LogP) is 1.45. The minimum atomic E-state index is -0.376. The largest absolute Gasteiger partial charge is 0.395 e.